The zero-order valence-corrected chi connectivity index (χ0v) is 12.5. The molecule has 0 saturated heterocycles. The molecule has 0 aliphatic rings. The highest BCUT2D eigenvalue weighted by Gasteiger charge is 2.34. The fourth-order valence-electron chi connectivity index (χ4n) is 2.28. The number of hydrogen-bond acceptors (Lipinski definition) is 3. The van der Waals surface area contributed by atoms with Crippen molar-refractivity contribution in [1.29, 1.82) is 0 Å². The zero-order valence-electron chi connectivity index (χ0n) is 12.5. The van der Waals surface area contributed by atoms with Gasteiger partial charge in [0.05, 0.1) is 29.2 Å². The molecule has 2 rings (SSSR count). The summed E-state index contributed by atoms with van der Waals surface area (Å²) < 4.78 is 0. The number of nitrogens with two attached hydrogens (primary N) is 1. The number of aromatic nitrogens is 2. The Morgan fingerprint density at radius 3 is 2.43 bits per heavy atom. The van der Waals surface area contributed by atoms with Gasteiger partial charge >= 0.3 is 0 Å². The van der Waals surface area contributed by atoms with E-state index < -0.39 is 5.41 Å². The monoisotopic (exact) mass is 283 g/mol. The summed E-state index contributed by atoms with van der Waals surface area (Å²) in [6.45, 7) is 3.93. The predicted molar refractivity (Wildman–Crippen MR) is 83.5 cm³/mol. The molecule has 1 heterocycles. The van der Waals surface area contributed by atoms with E-state index in [1.807, 2.05) is 37.3 Å². The molecule has 2 aromatic rings. The Hall–Kier alpha value is -2.23. The second kappa shape index (κ2) is 6.48. The van der Waals surface area contributed by atoms with Crippen LogP contribution < -0.4 is 5.73 Å². The summed E-state index contributed by atoms with van der Waals surface area (Å²) in [5, 5.41) is 0. The Bertz CT molecular complexity index is 595. The Labute approximate surface area is 125 Å². The SMILES string of the molecule is CCCCC(C)(C(N)=O)c1cnc(-c2ccccc2)cn1. The van der Waals surface area contributed by atoms with Crippen LogP contribution in [0.25, 0.3) is 11.3 Å². The normalized spacial score (nSPS) is 13.6. The summed E-state index contributed by atoms with van der Waals surface area (Å²) in [4.78, 5) is 20.7. The van der Waals surface area contributed by atoms with Gasteiger partial charge in [-0.15, -0.1) is 0 Å². The molecule has 0 radical (unpaired) electrons. The molecule has 0 aliphatic carbocycles. The second-order valence-electron chi connectivity index (χ2n) is 5.45. The molecular formula is C17H21N3O. The lowest BCUT2D eigenvalue weighted by Crippen LogP contribution is -2.39. The van der Waals surface area contributed by atoms with Crippen LogP contribution in [0.1, 0.15) is 38.8 Å². The first-order valence-corrected chi connectivity index (χ1v) is 7.26. The number of rotatable bonds is 6. The van der Waals surface area contributed by atoms with Gasteiger partial charge < -0.3 is 5.73 Å². The molecule has 0 bridgehead atoms. The number of hydrogen-bond donors (Lipinski definition) is 1. The Morgan fingerprint density at radius 2 is 1.90 bits per heavy atom. The number of benzene rings is 1. The molecule has 0 aliphatic heterocycles. The van der Waals surface area contributed by atoms with Gasteiger partial charge in [0.2, 0.25) is 5.91 Å². The van der Waals surface area contributed by atoms with E-state index >= 15 is 0 Å². The summed E-state index contributed by atoms with van der Waals surface area (Å²) in [6.07, 6.45) is 6.01. The fraction of sp³-hybridized carbons (Fsp3) is 0.353. The quantitative estimate of drug-likeness (QED) is 0.885. The highest BCUT2D eigenvalue weighted by molar-refractivity contribution is 5.85. The van der Waals surface area contributed by atoms with E-state index in [1.165, 1.54) is 0 Å². The third-order valence-electron chi connectivity index (χ3n) is 3.86. The van der Waals surface area contributed by atoms with Crippen LogP contribution in [0.15, 0.2) is 42.7 Å². The van der Waals surface area contributed by atoms with Gasteiger partial charge in [0, 0.05) is 5.56 Å². The van der Waals surface area contributed by atoms with Crippen molar-refractivity contribution >= 4 is 5.91 Å². The van der Waals surface area contributed by atoms with E-state index in [9.17, 15) is 4.79 Å². The van der Waals surface area contributed by atoms with Crippen molar-refractivity contribution in [3.8, 4) is 11.3 Å². The van der Waals surface area contributed by atoms with Gasteiger partial charge in [0.25, 0.3) is 0 Å². The van der Waals surface area contributed by atoms with Gasteiger partial charge in [-0.1, -0.05) is 50.1 Å². The molecule has 4 heteroatoms. The molecule has 2 N–H and O–H groups in total. The average molecular weight is 283 g/mol. The Kier molecular flexibility index (Phi) is 4.68. The van der Waals surface area contributed by atoms with E-state index in [4.69, 9.17) is 5.73 Å². The van der Waals surface area contributed by atoms with Crippen LogP contribution in [0, 0.1) is 0 Å². The van der Waals surface area contributed by atoms with Crippen molar-refractivity contribution in [2.75, 3.05) is 0 Å². The molecule has 0 fully saturated rings. The van der Waals surface area contributed by atoms with Crippen molar-refractivity contribution in [3.05, 3.63) is 48.4 Å². The molecule has 1 aromatic heterocycles. The highest BCUT2D eigenvalue weighted by Crippen LogP contribution is 2.28. The topological polar surface area (TPSA) is 68.9 Å². The molecule has 0 spiro atoms. The van der Waals surface area contributed by atoms with Gasteiger partial charge in [-0.25, -0.2) is 0 Å². The maximum Gasteiger partial charge on any atom is 0.229 e. The molecule has 0 saturated carbocycles. The number of carbonyl (C=O) groups excluding carboxylic acids is 1. The number of primary amides is 1. The third-order valence-corrected chi connectivity index (χ3v) is 3.86. The van der Waals surface area contributed by atoms with Crippen molar-refractivity contribution in [2.45, 2.75) is 38.5 Å². The summed E-state index contributed by atoms with van der Waals surface area (Å²) in [6, 6.07) is 9.84. The minimum Gasteiger partial charge on any atom is -0.369 e. The molecule has 21 heavy (non-hydrogen) atoms. The van der Waals surface area contributed by atoms with E-state index in [1.54, 1.807) is 12.4 Å². The Morgan fingerprint density at radius 1 is 1.19 bits per heavy atom. The van der Waals surface area contributed by atoms with Crippen molar-refractivity contribution < 1.29 is 4.79 Å². The lowest BCUT2D eigenvalue weighted by molar-refractivity contribution is -0.123. The summed E-state index contributed by atoms with van der Waals surface area (Å²) in [5.41, 5.74) is 7.27. The number of amides is 1. The molecule has 1 unspecified atom stereocenters. The van der Waals surface area contributed by atoms with Gasteiger partial charge in [0.1, 0.15) is 0 Å². The molecule has 1 amide bonds. The van der Waals surface area contributed by atoms with Crippen LogP contribution in [0.3, 0.4) is 0 Å². The predicted octanol–water partition coefficient (Wildman–Crippen LogP) is 3.08. The van der Waals surface area contributed by atoms with Gasteiger partial charge in [0.15, 0.2) is 0 Å². The maximum absolute atomic E-state index is 11.8. The molecular weight excluding hydrogens is 262 g/mol. The molecule has 1 atom stereocenters. The van der Waals surface area contributed by atoms with Crippen molar-refractivity contribution in [2.24, 2.45) is 5.73 Å². The van der Waals surface area contributed by atoms with Crippen LogP contribution in [0.2, 0.25) is 0 Å². The molecule has 4 nitrogen and oxygen atoms in total. The maximum atomic E-state index is 11.8. The van der Waals surface area contributed by atoms with E-state index in [2.05, 4.69) is 16.9 Å². The fourth-order valence-corrected chi connectivity index (χ4v) is 2.28. The number of carbonyl (C=O) groups is 1. The molecule has 1 aromatic carbocycles. The second-order valence-corrected chi connectivity index (χ2v) is 5.45. The van der Waals surface area contributed by atoms with Crippen LogP contribution >= 0.6 is 0 Å². The highest BCUT2D eigenvalue weighted by atomic mass is 16.1. The van der Waals surface area contributed by atoms with Crippen LogP contribution in [-0.4, -0.2) is 15.9 Å². The minimum absolute atomic E-state index is 0.349. The number of nitrogens with zero attached hydrogens (tertiary/aromatic N) is 2. The van der Waals surface area contributed by atoms with Crippen LogP contribution in [0.5, 0.6) is 0 Å². The van der Waals surface area contributed by atoms with Crippen LogP contribution in [-0.2, 0) is 10.2 Å². The third kappa shape index (κ3) is 3.27. The summed E-state index contributed by atoms with van der Waals surface area (Å²) >= 11 is 0. The van der Waals surface area contributed by atoms with Gasteiger partial charge in [-0.05, 0) is 13.3 Å². The number of unbranched alkanes of at least 4 members (excludes halogenated alkanes) is 1. The van der Waals surface area contributed by atoms with Gasteiger partial charge in [-0.2, -0.15) is 0 Å². The van der Waals surface area contributed by atoms with Gasteiger partial charge in [-0.3, -0.25) is 14.8 Å². The van der Waals surface area contributed by atoms with E-state index in [0.717, 1.165) is 24.1 Å². The van der Waals surface area contributed by atoms with Crippen LogP contribution in [0.4, 0.5) is 0 Å². The van der Waals surface area contributed by atoms with Crippen molar-refractivity contribution in [3.63, 3.8) is 0 Å². The minimum atomic E-state index is -0.752. The van der Waals surface area contributed by atoms with Crippen molar-refractivity contribution in [1.82, 2.24) is 9.97 Å². The van der Waals surface area contributed by atoms with E-state index in [-0.39, 0.29) is 5.91 Å². The molecule has 110 valence electrons. The summed E-state index contributed by atoms with van der Waals surface area (Å²) in [7, 11) is 0. The smallest absolute Gasteiger partial charge is 0.229 e. The standard InChI is InChI=1S/C17H21N3O/c1-3-4-10-17(2,16(18)21)15-12-19-14(11-20-15)13-8-6-5-7-9-13/h5-9,11-12H,3-4,10H2,1-2H3,(H2,18,21). The lowest BCUT2D eigenvalue weighted by atomic mass is 9.81. The van der Waals surface area contributed by atoms with E-state index in [0.29, 0.717) is 12.1 Å². The first-order valence-electron chi connectivity index (χ1n) is 7.26. The lowest BCUT2D eigenvalue weighted by Gasteiger charge is -2.25. The first kappa shape index (κ1) is 15.2. The summed E-state index contributed by atoms with van der Waals surface area (Å²) in [5.74, 6) is -0.349. The zero-order chi connectivity index (χ0) is 15.3. The average Bonchev–Trinajstić information content (AvgIpc) is 2.53. The first-order chi connectivity index (χ1) is 10.1. The largest absolute Gasteiger partial charge is 0.369 e. The Balaban J connectivity index is 2.30.